The average Bonchev–Trinajstić information content (AvgIpc) is 2.17. The summed E-state index contributed by atoms with van der Waals surface area (Å²) >= 11 is 0. The van der Waals surface area contributed by atoms with Crippen LogP contribution in [0, 0.1) is 0 Å². The lowest BCUT2D eigenvalue weighted by atomic mass is 10.0. The summed E-state index contributed by atoms with van der Waals surface area (Å²) in [6.45, 7) is 0. The van der Waals surface area contributed by atoms with Gasteiger partial charge in [0, 0.05) is 11.6 Å². The van der Waals surface area contributed by atoms with Crippen molar-refractivity contribution in [2.45, 2.75) is 6.18 Å². The fourth-order valence-corrected chi connectivity index (χ4v) is 1.10. The van der Waals surface area contributed by atoms with Crippen molar-refractivity contribution in [2.24, 2.45) is 0 Å². The van der Waals surface area contributed by atoms with Crippen molar-refractivity contribution in [3.63, 3.8) is 0 Å². The molecule has 1 aromatic rings. The molecule has 2 nitrogen and oxygen atoms in total. The zero-order chi connectivity index (χ0) is 11.5. The molecule has 0 fully saturated rings. The van der Waals surface area contributed by atoms with Gasteiger partial charge in [-0.25, -0.2) is 0 Å². The molecular weight excluding hydrogens is 209 g/mol. The number of carbonyl (C=O) groups is 1. The maximum Gasteiger partial charge on any atom is 0.417 e. The molecule has 0 saturated heterocycles. The molecule has 0 amide bonds. The normalized spacial score (nSPS) is 11.9. The Morgan fingerprint density at radius 1 is 1.27 bits per heavy atom. The van der Waals surface area contributed by atoms with Crippen molar-refractivity contribution in [3.05, 3.63) is 47.7 Å². The Bertz CT molecular complexity index is 394. The van der Waals surface area contributed by atoms with E-state index in [1.807, 2.05) is 0 Å². The second-order valence-electron chi connectivity index (χ2n) is 2.72. The van der Waals surface area contributed by atoms with Crippen LogP contribution in [0.25, 0.3) is 0 Å². The van der Waals surface area contributed by atoms with Gasteiger partial charge in [0.1, 0.15) is 0 Å². The lowest BCUT2D eigenvalue weighted by Gasteiger charge is -2.09. The van der Waals surface area contributed by atoms with Gasteiger partial charge in [-0.2, -0.15) is 13.2 Å². The highest BCUT2D eigenvalue weighted by Crippen LogP contribution is 2.32. The van der Waals surface area contributed by atoms with E-state index >= 15 is 0 Å². The van der Waals surface area contributed by atoms with Gasteiger partial charge in [-0.3, -0.25) is 4.79 Å². The van der Waals surface area contributed by atoms with Gasteiger partial charge in [0.15, 0.2) is 5.78 Å². The monoisotopic (exact) mass is 216 g/mol. The zero-order valence-corrected chi connectivity index (χ0v) is 7.45. The molecule has 15 heavy (non-hydrogen) atoms. The number of ketones is 1. The van der Waals surface area contributed by atoms with Crippen molar-refractivity contribution >= 4 is 5.78 Å². The van der Waals surface area contributed by atoms with Crippen LogP contribution in [0.4, 0.5) is 13.2 Å². The van der Waals surface area contributed by atoms with Crippen LogP contribution in [0.15, 0.2) is 36.6 Å². The minimum absolute atomic E-state index is 0.412. The number of aliphatic hydroxyl groups is 1. The van der Waals surface area contributed by atoms with E-state index in [-0.39, 0.29) is 0 Å². The van der Waals surface area contributed by atoms with Crippen molar-refractivity contribution < 1.29 is 23.1 Å². The summed E-state index contributed by atoms with van der Waals surface area (Å²) in [5.41, 5.74) is -1.48. The zero-order valence-electron chi connectivity index (χ0n) is 7.45. The van der Waals surface area contributed by atoms with Crippen LogP contribution in [0.5, 0.6) is 0 Å². The Hall–Kier alpha value is -1.78. The second kappa shape index (κ2) is 4.16. The molecule has 0 saturated carbocycles. The summed E-state index contributed by atoms with van der Waals surface area (Å²) in [4.78, 5) is 11.2. The maximum atomic E-state index is 12.4. The number of halogens is 3. The number of hydrogen-bond donors (Lipinski definition) is 1. The fraction of sp³-hybridized carbons (Fsp3) is 0.100. The van der Waals surface area contributed by atoms with Gasteiger partial charge in [-0.15, -0.1) is 0 Å². The van der Waals surface area contributed by atoms with E-state index in [4.69, 9.17) is 5.11 Å². The Kier molecular flexibility index (Phi) is 3.14. The molecule has 1 aromatic carbocycles. The van der Waals surface area contributed by atoms with Crippen molar-refractivity contribution in [3.8, 4) is 0 Å². The molecule has 0 atom stereocenters. The summed E-state index contributed by atoms with van der Waals surface area (Å²) in [7, 11) is 0. The molecule has 0 bridgehead atoms. The number of benzene rings is 1. The van der Waals surface area contributed by atoms with Crippen LogP contribution < -0.4 is 0 Å². The summed E-state index contributed by atoms with van der Waals surface area (Å²) in [6, 6.07) is 4.40. The first-order valence-corrected chi connectivity index (χ1v) is 3.98. The first-order chi connectivity index (χ1) is 6.96. The second-order valence-corrected chi connectivity index (χ2v) is 2.72. The highest BCUT2D eigenvalue weighted by atomic mass is 19.4. The first-order valence-electron chi connectivity index (χ1n) is 3.98. The van der Waals surface area contributed by atoms with E-state index < -0.39 is 23.1 Å². The third kappa shape index (κ3) is 2.59. The lowest BCUT2D eigenvalue weighted by molar-refractivity contribution is -0.137. The number of aliphatic hydroxyl groups excluding tert-OH is 1. The van der Waals surface area contributed by atoms with Gasteiger partial charge in [-0.1, -0.05) is 18.2 Å². The predicted molar refractivity (Wildman–Crippen MR) is 47.5 cm³/mol. The molecule has 80 valence electrons. The molecule has 0 aromatic heterocycles. The van der Waals surface area contributed by atoms with Crippen molar-refractivity contribution in [1.82, 2.24) is 0 Å². The van der Waals surface area contributed by atoms with Crippen molar-refractivity contribution in [1.29, 1.82) is 0 Å². The molecule has 0 heterocycles. The third-order valence-electron chi connectivity index (χ3n) is 1.72. The van der Waals surface area contributed by atoms with E-state index in [2.05, 4.69) is 0 Å². The van der Waals surface area contributed by atoms with Gasteiger partial charge >= 0.3 is 6.18 Å². The number of carbonyl (C=O) groups excluding carboxylic acids is 1. The van der Waals surface area contributed by atoms with Gasteiger partial charge in [0.25, 0.3) is 0 Å². The molecular formula is C10H7F3O2. The molecule has 0 spiro atoms. The smallest absolute Gasteiger partial charge is 0.417 e. The fourth-order valence-electron chi connectivity index (χ4n) is 1.10. The van der Waals surface area contributed by atoms with Crippen LogP contribution >= 0.6 is 0 Å². The Labute approximate surface area is 83.7 Å². The topological polar surface area (TPSA) is 37.3 Å². The van der Waals surface area contributed by atoms with Crippen molar-refractivity contribution in [2.75, 3.05) is 0 Å². The van der Waals surface area contributed by atoms with Crippen LogP contribution in [0.1, 0.15) is 15.9 Å². The summed E-state index contributed by atoms with van der Waals surface area (Å²) in [5.74, 6) is -0.884. The molecule has 0 aliphatic carbocycles. The van der Waals surface area contributed by atoms with Gasteiger partial charge in [-0.05, 0) is 6.07 Å². The van der Waals surface area contributed by atoms with Gasteiger partial charge in [0.2, 0.25) is 0 Å². The number of hydrogen-bond acceptors (Lipinski definition) is 2. The van der Waals surface area contributed by atoms with E-state index in [0.29, 0.717) is 12.3 Å². The lowest BCUT2D eigenvalue weighted by Crippen LogP contribution is -2.11. The molecule has 0 unspecified atom stereocenters. The Morgan fingerprint density at radius 3 is 2.40 bits per heavy atom. The van der Waals surface area contributed by atoms with Crippen LogP contribution in [0.2, 0.25) is 0 Å². The number of alkyl halides is 3. The van der Waals surface area contributed by atoms with Crippen LogP contribution in [-0.4, -0.2) is 10.9 Å². The van der Waals surface area contributed by atoms with E-state index in [1.165, 1.54) is 12.1 Å². The largest absolute Gasteiger partial charge is 0.515 e. The van der Waals surface area contributed by atoms with Gasteiger partial charge < -0.3 is 5.11 Å². The Balaban J connectivity index is 3.24. The standard InChI is InChI=1S/C10H7F3O2/c11-10(12,13)8-4-2-1-3-7(8)9(15)5-6-14/h1-6,14H/b6-5+. The summed E-state index contributed by atoms with van der Waals surface area (Å²) in [6.07, 6.45) is -3.49. The number of allylic oxidation sites excluding steroid dienone is 1. The minimum atomic E-state index is -4.57. The molecule has 1 N–H and O–H groups in total. The number of rotatable bonds is 2. The van der Waals surface area contributed by atoms with Crippen LogP contribution in [-0.2, 0) is 6.18 Å². The third-order valence-corrected chi connectivity index (χ3v) is 1.72. The molecule has 0 aliphatic heterocycles. The summed E-state index contributed by atoms with van der Waals surface area (Å²) < 4.78 is 37.2. The molecule has 0 radical (unpaired) electrons. The highest BCUT2D eigenvalue weighted by molar-refractivity contribution is 6.05. The highest BCUT2D eigenvalue weighted by Gasteiger charge is 2.34. The van der Waals surface area contributed by atoms with Crippen LogP contribution in [0.3, 0.4) is 0 Å². The Morgan fingerprint density at radius 2 is 1.87 bits per heavy atom. The predicted octanol–water partition coefficient (Wildman–Crippen LogP) is 2.96. The minimum Gasteiger partial charge on any atom is -0.515 e. The maximum absolute atomic E-state index is 12.4. The first kappa shape index (κ1) is 11.3. The van der Waals surface area contributed by atoms with E-state index in [9.17, 15) is 18.0 Å². The SMILES string of the molecule is O=C(/C=C/O)c1ccccc1C(F)(F)F. The average molecular weight is 216 g/mol. The summed E-state index contributed by atoms with van der Waals surface area (Å²) in [5, 5.41) is 8.31. The van der Waals surface area contributed by atoms with E-state index in [0.717, 1.165) is 12.1 Å². The molecule has 1 rings (SSSR count). The van der Waals surface area contributed by atoms with Gasteiger partial charge in [0.05, 0.1) is 11.8 Å². The molecule has 0 aliphatic rings. The molecule has 5 heteroatoms. The van der Waals surface area contributed by atoms with E-state index in [1.54, 1.807) is 0 Å². The quantitative estimate of drug-likeness (QED) is 0.468.